The highest BCUT2D eigenvalue weighted by Crippen LogP contribution is 2.28. The molecule has 2 aromatic carbocycles. The fraction of sp³-hybridized carbons (Fsp3) is 0.240. The molecule has 0 atom stereocenters. The smallest absolute Gasteiger partial charge is 0.278 e. The minimum atomic E-state index is -0.132. The van der Waals surface area contributed by atoms with Gasteiger partial charge in [0.05, 0.1) is 5.75 Å². The number of rotatable bonds is 9. The highest BCUT2D eigenvalue weighted by Gasteiger charge is 2.17. The van der Waals surface area contributed by atoms with Crippen LogP contribution in [0, 0.1) is 0 Å². The molecule has 0 spiro atoms. The predicted octanol–water partition coefficient (Wildman–Crippen LogP) is 5.64. The monoisotopic (exact) mass is 478 g/mol. The first-order valence-corrected chi connectivity index (χ1v) is 13.1. The minimum absolute atomic E-state index is 0.105. The van der Waals surface area contributed by atoms with Crippen LogP contribution in [-0.2, 0) is 11.3 Å². The number of unbranched alkanes of at least 4 members (excludes halogenated alkanes) is 1. The largest absolute Gasteiger partial charge is 0.355 e. The van der Waals surface area contributed by atoms with Gasteiger partial charge in [0, 0.05) is 28.9 Å². The van der Waals surface area contributed by atoms with Gasteiger partial charge in [0.15, 0.2) is 5.16 Å². The standard InChI is InChI=1S/C25H26N4O2S2/c1-3-4-13-29-24(31)23-22(20(15-26-23)17-9-6-5-7-10-17)28-25(29)33-16-21(30)27-18-11-8-12-19(14-18)32-2/h5-12,14-15,26H,3-4,13,16H2,1-2H3,(H,27,30). The van der Waals surface area contributed by atoms with Gasteiger partial charge in [0.1, 0.15) is 11.0 Å². The third-order valence-corrected chi connectivity index (χ3v) is 6.96. The van der Waals surface area contributed by atoms with E-state index in [9.17, 15) is 9.59 Å². The molecule has 4 aromatic rings. The van der Waals surface area contributed by atoms with Crippen LogP contribution < -0.4 is 10.9 Å². The first kappa shape index (κ1) is 23.2. The summed E-state index contributed by atoms with van der Waals surface area (Å²) in [4.78, 5) is 35.0. The molecular formula is C25H26N4O2S2. The molecule has 170 valence electrons. The number of nitrogens with one attached hydrogen (secondary N) is 2. The highest BCUT2D eigenvalue weighted by atomic mass is 32.2. The Morgan fingerprint density at radius 3 is 2.73 bits per heavy atom. The van der Waals surface area contributed by atoms with Crippen LogP contribution in [0.25, 0.3) is 22.2 Å². The van der Waals surface area contributed by atoms with Crippen molar-refractivity contribution >= 4 is 46.2 Å². The highest BCUT2D eigenvalue weighted by molar-refractivity contribution is 7.99. The summed E-state index contributed by atoms with van der Waals surface area (Å²) in [5, 5.41) is 3.50. The molecule has 0 saturated carbocycles. The van der Waals surface area contributed by atoms with Gasteiger partial charge in [-0.15, -0.1) is 11.8 Å². The van der Waals surface area contributed by atoms with Crippen LogP contribution in [0.2, 0.25) is 0 Å². The number of carbonyl (C=O) groups is 1. The molecule has 2 heterocycles. The number of hydrogen-bond donors (Lipinski definition) is 2. The normalized spacial score (nSPS) is 11.1. The third-order valence-electron chi connectivity index (χ3n) is 5.26. The van der Waals surface area contributed by atoms with E-state index in [4.69, 9.17) is 4.98 Å². The van der Waals surface area contributed by atoms with E-state index in [-0.39, 0.29) is 17.2 Å². The number of aromatic amines is 1. The van der Waals surface area contributed by atoms with E-state index >= 15 is 0 Å². The molecule has 2 N–H and O–H groups in total. The summed E-state index contributed by atoms with van der Waals surface area (Å²) in [7, 11) is 0. The molecule has 2 aromatic heterocycles. The molecular weight excluding hydrogens is 452 g/mol. The van der Waals surface area contributed by atoms with Crippen molar-refractivity contribution in [2.24, 2.45) is 0 Å². The van der Waals surface area contributed by atoms with Gasteiger partial charge in [-0.2, -0.15) is 0 Å². The summed E-state index contributed by atoms with van der Waals surface area (Å²) < 4.78 is 1.68. The van der Waals surface area contributed by atoms with Gasteiger partial charge in [-0.05, 0) is 36.4 Å². The molecule has 0 radical (unpaired) electrons. The number of nitrogens with zero attached hydrogens (tertiary/aromatic N) is 2. The molecule has 6 nitrogen and oxygen atoms in total. The third kappa shape index (κ3) is 5.34. The second kappa shape index (κ2) is 10.8. The first-order chi connectivity index (χ1) is 16.1. The summed E-state index contributed by atoms with van der Waals surface area (Å²) >= 11 is 2.92. The average molecular weight is 479 g/mol. The van der Waals surface area contributed by atoms with Crippen LogP contribution in [0.1, 0.15) is 19.8 Å². The Bertz CT molecular complexity index is 1320. The van der Waals surface area contributed by atoms with E-state index in [0.29, 0.717) is 22.7 Å². The molecule has 8 heteroatoms. The van der Waals surface area contributed by atoms with Crippen molar-refractivity contribution in [1.29, 1.82) is 0 Å². The molecule has 0 bridgehead atoms. The molecule has 0 aliphatic rings. The summed E-state index contributed by atoms with van der Waals surface area (Å²) in [6, 6.07) is 17.6. The maximum Gasteiger partial charge on any atom is 0.278 e. The summed E-state index contributed by atoms with van der Waals surface area (Å²) in [5.74, 6) is 0.0329. The average Bonchev–Trinajstić information content (AvgIpc) is 3.27. The molecule has 1 amide bonds. The lowest BCUT2D eigenvalue weighted by atomic mass is 10.1. The summed E-state index contributed by atoms with van der Waals surface area (Å²) in [6.45, 7) is 2.65. The van der Waals surface area contributed by atoms with Crippen molar-refractivity contribution < 1.29 is 4.79 Å². The second-order valence-corrected chi connectivity index (χ2v) is 9.39. The fourth-order valence-corrected chi connectivity index (χ4v) is 4.84. The van der Waals surface area contributed by atoms with E-state index in [1.165, 1.54) is 11.8 Å². The quantitative estimate of drug-likeness (QED) is 0.240. The maximum atomic E-state index is 13.3. The van der Waals surface area contributed by atoms with Crippen molar-refractivity contribution in [2.75, 3.05) is 17.3 Å². The topological polar surface area (TPSA) is 79.8 Å². The number of amides is 1. The molecule has 0 saturated heterocycles. The Labute approximate surface area is 201 Å². The van der Waals surface area contributed by atoms with Gasteiger partial charge >= 0.3 is 0 Å². The van der Waals surface area contributed by atoms with E-state index < -0.39 is 0 Å². The predicted molar refractivity (Wildman–Crippen MR) is 138 cm³/mol. The Balaban J connectivity index is 1.63. The van der Waals surface area contributed by atoms with Crippen molar-refractivity contribution in [3.05, 3.63) is 71.1 Å². The Kier molecular flexibility index (Phi) is 7.57. The number of fused-ring (bicyclic) bond motifs is 1. The van der Waals surface area contributed by atoms with Crippen LogP contribution in [0.15, 0.2) is 75.6 Å². The lowest BCUT2D eigenvalue weighted by molar-refractivity contribution is -0.113. The Hall–Kier alpha value is -2.97. The van der Waals surface area contributed by atoms with Gasteiger partial charge in [0.2, 0.25) is 5.91 Å². The number of carbonyl (C=O) groups excluding carboxylic acids is 1. The van der Waals surface area contributed by atoms with Crippen molar-refractivity contribution in [3.63, 3.8) is 0 Å². The zero-order valence-corrected chi connectivity index (χ0v) is 20.3. The summed E-state index contributed by atoms with van der Waals surface area (Å²) in [5.41, 5.74) is 3.65. The number of benzene rings is 2. The first-order valence-electron chi connectivity index (χ1n) is 10.8. The van der Waals surface area contributed by atoms with E-state index in [1.54, 1.807) is 16.3 Å². The SMILES string of the molecule is CCCCn1c(SCC(=O)Nc2cccc(SC)c2)nc2c(-c3ccccc3)c[nH]c2c1=O. The van der Waals surface area contributed by atoms with Gasteiger partial charge in [-0.1, -0.05) is 61.5 Å². The number of H-pyrrole nitrogens is 1. The zero-order valence-electron chi connectivity index (χ0n) is 18.6. The molecule has 0 aliphatic carbocycles. The molecule has 0 aliphatic heterocycles. The van der Waals surface area contributed by atoms with E-state index in [1.807, 2.05) is 67.0 Å². The van der Waals surface area contributed by atoms with Crippen molar-refractivity contribution in [2.45, 2.75) is 36.4 Å². The lowest BCUT2D eigenvalue weighted by Gasteiger charge is -2.12. The van der Waals surface area contributed by atoms with Gasteiger partial charge < -0.3 is 10.3 Å². The lowest BCUT2D eigenvalue weighted by Crippen LogP contribution is -2.24. The zero-order chi connectivity index (χ0) is 23.2. The van der Waals surface area contributed by atoms with E-state index in [2.05, 4.69) is 17.2 Å². The molecule has 4 rings (SSSR count). The Morgan fingerprint density at radius 1 is 1.15 bits per heavy atom. The number of anilines is 1. The van der Waals surface area contributed by atoms with Crippen LogP contribution in [0.4, 0.5) is 5.69 Å². The fourth-order valence-electron chi connectivity index (χ4n) is 3.56. The van der Waals surface area contributed by atoms with Crippen LogP contribution in [0.5, 0.6) is 0 Å². The van der Waals surface area contributed by atoms with Crippen molar-refractivity contribution in [3.8, 4) is 11.1 Å². The van der Waals surface area contributed by atoms with Gasteiger partial charge in [0.25, 0.3) is 5.56 Å². The maximum absolute atomic E-state index is 13.3. The molecule has 33 heavy (non-hydrogen) atoms. The second-order valence-electron chi connectivity index (χ2n) is 7.57. The Morgan fingerprint density at radius 2 is 1.97 bits per heavy atom. The molecule has 0 fully saturated rings. The van der Waals surface area contributed by atoms with Gasteiger partial charge in [-0.3, -0.25) is 14.2 Å². The van der Waals surface area contributed by atoms with Crippen molar-refractivity contribution in [1.82, 2.24) is 14.5 Å². The number of aromatic nitrogens is 3. The number of thioether (sulfide) groups is 2. The van der Waals surface area contributed by atoms with Crippen LogP contribution in [-0.4, -0.2) is 32.5 Å². The van der Waals surface area contributed by atoms with Crippen LogP contribution in [0.3, 0.4) is 0 Å². The molecule has 0 unspecified atom stereocenters. The van der Waals surface area contributed by atoms with E-state index in [0.717, 1.165) is 34.6 Å². The summed E-state index contributed by atoms with van der Waals surface area (Å²) in [6.07, 6.45) is 5.65. The van der Waals surface area contributed by atoms with Crippen LogP contribution >= 0.6 is 23.5 Å². The number of hydrogen-bond acceptors (Lipinski definition) is 5. The minimum Gasteiger partial charge on any atom is -0.355 e. The van der Waals surface area contributed by atoms with Gasteiger partial charge in [-0.25, -0.2) is 4.98 Å².